The van der Waals surface area contributed by atoms with Gasteiger partial charge < -0.3 is 0 Å². The van der Waals surface area contributed by atoms with E-state index in [4.69, 9.17) is 11.6 Å². The van der Waals surface area contributed by atoms with Crippen LogP contribution in [0.15, 0.2) is 41.8 Å². The predicted octanol–water partition coefficient (Wildman–Crippen LogP) is 4.37. The molecule has 1 aromatic carbocycles. The first-order chi connectivity index (χ1) is 6.77. The van der Waals surface area contributed by atoms with Crippen molar-refractivity contribution in [2.24, 2.45) is 0 Å². The normalized spacial score (nSPS) is 12.7. The van der Waals surface area contributed by atoms with Crippen LogP contribution in [0.3, 0.4) is 0 Å². The minimum Gasteiger partial charge on any atom is -0.148 e. The SMILES string of the molecule is [CH2]C(c1ccc(Cl)cc1)c1cccs1. The molecule has 0 spiro atoms. The van der Waals surface area contributed by atoms with Gasteiger partial charge in [0.05, 0.1) is 0 Å². The first kappa shape index (κ1) is 9.75. The van der Waals surface area contributed by atoms with Crippen molar-refractivity contribution in [3.05, 3.63) is 64.2 Å². The van der Waals surface area contributed by atoms with E-state index in [-0.39, 0.29) is 5.92 Å². The molecule has 2 heteroatoms. The topological polar surface area (TPSA) is 0 Å². The average molecular weight is 222 g/mol. The van der Waals surface area contributed by atoms with Crippen molar-refractivity contribution in [2.45, 2.75) is 5.92 Å². The fraction of sp³-hybridized carbons (Fsp3) is 0.0833. The molecule has 0 bridgehead atoms. The highest BCUT2D eigenvalue weighted by Gasteiger charge is 2.08. The molecule has 1 aromatic heterocycles. The van der Waals surface area contributed by atoms with Crippen LogP contribution in [-0.2, 0) is 0 Å². The molecule has 0 aliphatic rings. The van der Waals surface area contributed by atoms with Crippen LogP contribution in [0.25, 0.3) is 0 Å². The molecule has 0 saturated carbocycles. The summed E-state index contributed by atoms with van der Waals surface area (Å²) in [5, 5.41) is 2.84. The monoisotopic (exact) mass is 221 g/mol. The first-order valence-corrected chi connectivity index (χ1v) is 5.65. The number of thiophene rings is 1. The number of hydrogen-bond donors (Lipinski definition) is 0. The van der Waals surface area contributed by atoms with Gasteiger partial charge in [0.15, 0.2) is 0 Å². The summed E-state index contributed by atoms with van der Waals surface area (Å²) < 4.78 is 0. The number of halogens is 1. The fourth-order valence-electron chi connectivity index (χ4n) is 1.35. The van der Waals surface area contributed by atoms with Crippen LogP contribution in [0.4, 0.5) is 0 Å². The van der Waals surface area contributed by atoms with E-state index < -0.39 is 0 Å². The Bertz CT molecular complexity index is 389. The van der Waals surface area contributed by atoms with E-state index in [0.717, 1.165) is 5.02 Å². The number of hydrogen-bond acceptors (Lipinski definition) is 1. The third kappa shape index (κ3) is 1.99. The summed E-state index contributed by atoms with van der Waals surface area (Å²) in [7, 11) is 0. The van der Waals surface area contributed by atoms with Gasteiger partial charge in [0.25, 0.3) is 0 Å². The van der Waals surface area contributed by atoms with E-state index >= 15 is 0 Å². The van der Waals surface area contributed by atoms with Gasteiger partial charge in [-0.05, 0) is 36.1 Å². The van der Waals surface area contributed by atoms with E-state index in [9.17, 15) is 0 Å². The molecule has 1 heterocycles. The van der Waals surface area contributed by atoms with E-state index in [1.54, 1.807) is 11.3 Å². The lowest BCUT2D eigenvalue weighted by Crippen LogP contribution is -1.92. The third-order valence-corrected chi connectivity index (χ3v) is 3.40. The maximum Gasteiger partial charge on any atom is 0.0406 e. The van der Waals surface area contributed by atoms with Crippen LogP contribution in [0.1, 0.15) is 16.4 Å². The lowest BCUT2D eigenvalue weighted by atomic mass is 10.00. The van der Waals surface area contributed by atoms with Crippen LogP contribution in [-0.4, -0.2) is 0 Å². The minimum absolute atomic E-state index is 0.215. The van der Waals surface area contributed by atoms with Crippen molar-refractivity contribution in [1.82, 2.24) is 0 Å². The van der Waals surface area contributed by atoms with Gasteiger partial charge in [0, 0.05) is 15.8 Å². The highest BCUT2D eigenvalue weighted by Crippen LogP contribution is 2.27. The molecule has 0 amide bonds. The molecule has 1 unspecified atom stereocenters. The number of rotatable bonds is 2. The van der Waals surface area contributed by atoms with Crippen LogP contribution in [0, 0.1) is 6.92 Å². The Kier molecular flexibility index (Phi) is 2.90. The smallest absolute Gasteiger partial charge is 0.0406 e. The molecule has 0 saturated heterocycles. The molecule has 71 valence electrons. The first-order valence-electron chi connectivity index (χ1n) is 4.39. The zero-order valence-electron chi connectivity index (χ0n) is 7.61. The molecule has 2 aromatic rings. The molecule has 1 atom stereocenters. The minimum atomic E-state index is 0.215. The van der Waals surface area contributed by atoms with Gasteiger partial charge in [0.2, 0.25) is 0 Å². The zero-order chi connectivity index (χ0) is 9.97. The molecule has 0 nitrogen and oxygen atoms in total. The van der Waals surface area contributed by atoms with Crippen molar-refractivity contribution in [3.8, 4) is 0 Å². The molecule has 1 radical (unpaired) electrons. The second-order valence-corrected chi connectivity index (χ2v) is 4.54. The van der Waals surface area contributed by atoms with Crippen LogP contribution in [0.2, 0.25) is 5.02 Å². The third-order valence-electron chi connectivity index (χ3n) is 2.16. The molecule has 0 aliphatic carbocycles. The Morgan fingerprint density at radius 1 is 1.14 bits per heavy atom. The van der Waals surface area contributed by atoms with E-state index in [2.05, 4.69) is 18.4 Å². The van der Waals surface area contributed by atoms with E-state index in [0.29, 0.717) is 0 Å². The molecule has 0 fully saturated rings. The largest absolute Gasteiger partial charge is 0.148 e. The Hall–Kier alpha value is -0.790. The lowest BCUT2D eigenvalue weighted by Gasteiger charge is -2.09. The highest BCUT2D eigenvalue weighted by molar-refractivity contribution is 7.10. The molecule has 0 N–H and O–H groups in total. The number of benzene rings is 1. The van der Waals surface area contributed by atoms with Crippen molar-refractivity contribution in [1.29, 1.82) is 0 Å². The maximum atomic E-state index is 5.82. The summed E-state index contributed by atoms with van der Waals surface area (Å²) in [6.45, 7) is 4.15. The Labute approximate surface area is 93.2 Å². The van der Waals surface area contributed by atoms with Crippen molar-refractivity contribution < 1.29 is 0 Å². The van der Waals surface area contributed by atoms with Gasteiger partial charge >= 0.3 is 0 Å². The van der Waals surface area contributed by atoms with Gasteiger partial charge in [0.1, 0.15) is 0 Å². The summed E-state index contributed by atoms with van der Waals surface area (Å²) in [5.74, 6) is 0.215. The van der Waals surface area contributed by atoms with Gasteiger partial charge in [-0.25, -0.2) is 0 Å². The van der Waals surface area contributed by atoms with Gasteiger partial charge in [-0.2, -0.15) is 0 Å². The van der Waals surface area contributed by atoms with E-state index in [1.807, 2.05) is 30.3 Å². The average Bonchev–Trinajstić information content (AvgIpc) is 2.71. The van der Waals surface area contributed by atoms with Crippen LogP contribution >= 0.6 is 22.9 Å². The summed E-state index contributed by atoms with van der Waals surface area (Å²) in [6, 6.07) is 12.0. The van der Waals surface area contributed by atoms with Gasteiger partial charge in [-0.3, -0.25) is 0 Å². The molecular weight excluding hydrogens is 212 g/mol. The van der Waals surface area contributed by atoms with Crippen LogP contribution < -0.4 is 0 Å². The Morgan fingerprint density at radius 3 is 2.43 bits per heavy atom. The Balaban J connectivity index is 2.28. The van der Waals surface area contributed by atoms with Gasteiger partial charge in [-0.15, -0.1) is 11.3 Å². The second kappa shape index (κ2) is 4.16. The summed E-state index contributed by atoms with van der Waals surface area (Å²) in [6.07, 6.45) is 0. The standard InChI is InChI=1S/C12H10ClS/c1-9(12-3-2-8-14-12)10-4-6-11(13)7-5-10/h2-9H,1H2. The lowest BCUT2D eigenvalue weighted by molar-refractivity contribution is 1.06. The molecule has 2 rings (SSSR count). The quantitative estimate of drug-likeness (QED) is 0.707. The molecule has 0 aliphatic heterocycles. The van der Waals surface area contributed by atoms with Crippen LogP contribution in [0.5, 0.6) is 0 Å². The van der Waals surface area contributed by atoms with Crippen molar-refractivity contribution in [2.75, 3.05) is 0 Å². The Morgan fingerprint density at radius 2 is 1.86 bits per heavy atom. The predicted molar refractivity (Wildman–Crippen MR) is 63.0 cm³/mol. The van der Waals surface area contributed by atoms with Crippen molar-refractivity contribution >= 4 is 22.9 Å². The highest BCUT2D eigenvalue weighted by atomic mass is 35.5. The van der Waals surface area contributed by atoms with Gasteiger partial charge in [-0.1, -0.05) is 29.8 Å². The molecular formula is C12H10ClS. The van der Waals surface area contributed by atoms with Crippen molar-refractivity contribution in [3.63, 3.8) is 0 Å². The second-order valence-electron chi connectivity index (χ2n) is 3.12. The zero-order valence-corrected chi connectivity index (χ0v) is 9.18. The fourth-order valence-corrected chi connectivity index (χ4v) is 2.25. The van der Waals surface area contributed by atoms with E-state index in [1.165, 1.54) is 10.4 Å². The summed E-state index contributed by atoms with van der Waals surface area (Å²) in [4.78, 5) is 1.28. The summed E-state index contributed by atoms with van der Waals surface area (Å²) in [5.41, 5.74) is 1.21. The summed E-state index contributed by atoms with van der Waals surface area (Å²) >= 11 is 7.56. The molecule has 14 heavy (non-hydrogen) atoms. The maximum absolute atomic E-state index is 5.82.